The number of aryl methyl sites for hydroxylation is 1. The van der Waals surface area contributed by atoms with Crippen LogP contribution >= 0.6 is 0 Å². The molecule has 2 amide bonds. The second kappa shape index (κ2) is 10.7. The smallest absolute Gasteiger partial charge is 0.262 e. The van der Waals surface area contributed by atoms with Crippen LogP contribution in [-0.2, 0) is 11.3 Å². The highest BCUT2D eigenvalue weighted by molar-refractivity contribution is 5.94. The Bertz CT molecular complexity index is 956. The highest BCUT2D eigenvalue weighted by Gasteiger charge is 2.09. The molecule has 0 radical (unpaired) electrons. The maximum atomic E-state index is 12.2. The third-order valence-corrected chi connectivity index (χ3v) is 4.31. The van der Waals surface area contributed by atoms with Crippen molar-refractivity contribution < 1.29 is 19.1 Å². The molecule has 8 nitrogen and oxygen atoms in total. The lowest BCUT2D eigenvalue weighted by Gasteiger charge is -2.11. The lowest BCUT2D eigenvalue weighted by atomic mass is 10.2. The lowest BCUT2D eigenvalue weighted by Crippen LogP contribution is -2.25. The van der Waals surface area contributed by atoms with Gasteiger partial charge in [-0.1, -0.05) is 12.1 Å². The number of anilines is 1. The number of aromatic nitrogens is 2. The van der Waals surface area contributed by atoms with Crippen LogP contribution in [0.1, 0.15) is 16.8 Å². The van der Waals surface area contributed by atoms with E-state index in [1.54, 1.807) is 62.1 Å². The largest absolute Gasteiger partial charge is 0.495 e. The lowest BCUT2D eigenvalue weighted by molar-refractivity contribution is -0.118. The molecule has 8 heteroatoms. The Kier molecular flexibility index (Phi) is 7.43. The van der Waals surface area contributed by atoms with Crippen LogP contribution in [0.4, 0.5) is 5.69 Å². The van der Waals surface area contributed by atoms with E-state index in [1.807, 2.05) is 16.8 Å². The first-order valence-electron chi connectivity index (χ1n) is 9.55. The zero-order valence-corrected chi connectivity index (χ0v) is 16.7. The van der Waals surface area contributed by atoms with Crippen LogP contribution in [0.3, 0.4) is 0 Å². The second-order valence-electron chi connectivity index (χ2n) is 6.47. The number of carbonyl (C=O) groups is 2. The molecule has 0 fully saturated rings. The van der Waals surface area contributed by atoms with E-state index in [0.29, 0.717) is 29.3 Å². The summed E-state index contributed by atoms with van der Waals surface area (Å²) in [5.74, 6) is 0.619. The van der Waals surface area contributed by atoms with Gasteiger partial charge in [0.15, 0.2) is 6.61 Å². The molecule has 0 aliphatic heterocycles. The maximum absolute atomic E-state index is 12.2. The Labute approximate surface area is 174 Å². The van der Waals surface area contributed by atoms with E-state index in [2.05, 4.69) is 15.6 Å². The van der Waals surface area contributed by atoms with E-state index in [0.717, 1.165) is 13.0 Å². The minimum Gasteiger partial charge on any atom is -0.495 e. The first-order valence-corrected chi connectivity index (χ1v) is 9.55. The standard InChI is InChI=1S/C22H24N4O4/c1-29-20-6-3-2-5-19(20)25-21(27)15-30-18-9-7-17(8-10-18)22(28)24-11-4-13-26-14-12-23-16-26/h2-3,5-10,12,14,16H,4,11,13,15H2,1H3,(H,24,28)(H,25,27). The number of ether oxygens (including phenoxy) is 2. The van der Waals surface area contributed by atoms with Crippen molar-refractivity contribution in [1.29, 1.82) is 0 Å². The Morgan fingerprint density at radius 1 is 1.10 bits per heavy atom. The molecular formula is C22H24N4O4. The molecule has 1 aromatic heterocycles. The summed E-state index contributed by atoms with van der Waals surface area (Å²) >= 11 is 0. The fraction of sp³-hybridized carbons (Fsp3) is 0.227. The van der Waals surface area contributed by atoms with Crippen LogP contribution in [0.15, 0.2) is 67.3 Å². The quantitative estimate of drug-likeness (QED) is 0.503. The number of nitrogens with zero attached hydrogens (tertiary/aromatic N) is 2. The molecule has 0 unspecified atom stereocenters. The Morgan fingerprint density at radius 2 is 1.90 bits per heavy atom. The molecule has 0 aliphatic rings. The molecule has 0 aliphatic carbocycles. The summed E-state index contributed by atoms with van der Waals surface area (Å²) in [5.41, 5.74) is 1.11. The molecule has 3 rings (SSSR count). The van der Waals surface area contributed by atoms with Gasteiger partial charge in [-0.15, -0.1) is 0 Å². The van der Waals surface area contributed by atoms with Crippen LogP contribution in [-0.4, -0.2) is 41.6 Å². The number of imidazole rings is 1. The van der Waals surface area contributed by atoms with Crippen molar-refractivity contribution in [3.63, 3.8) is 0 Å². The van der Waals surface area contributed by atoms with Gasteiger partial charge in [-0.3, -0.25) is 9.59 Å². The van der Waals surface area contributed by atoms with Gasteiger partial charge in [0.1, 0.15) is 11.5 Å². The summed E-state index contributed by atoms with van der Waals surface area (Å²) in [6.45, 7) is 1.21. The van der Waals surface area contributed by atoms with Gasteiger partial charge < -0.3 is 24.7 Å². The Balaban J connectivity index is 1.41. The van der Waals surface area contributed by atoms with Crippen molar-refractivity contribution in [2.45, 2.75) is 13.0 Å². The number of nitrogens with one attached hydrogen (secondary N) is 2. The number of hydrogen-bond donors (Lipinski definition) is 2. The Hall–Kier alpha value is -3.81. The molecule has 3 aromatic rings. The minimum atomic E-state index is -0.306. The van der Waals surface area contributed by atoms with E-state index in [4.69, 9.17) is 9.47 Å². The molecule has 2 aromatic carbocycles. The van der Waals surface area contributed by atoms with Crippen LogP contribution in [0, 0.1) is 0 Å². The van der Waals surface area contributed by atoms with Gasteiger partial charge in [0.25, 0.3) is 11.8 Å². The molecule has 2 N–H and O–H groups in total. The van der Waals surface area contributed by atoms with Gasteiger partial charge in [0.05, 0.1) is 19.1 Å². The van der Waals surface area contributed by atoms with E-state index >= 15 is 0 Å². The second-order valence-corrected chi connectivity index (χ2v) is 6.47. The van der Waals surface area contributed by atoms with Crippen molar-refractivity contribution in [1.82, 2.24) is 14.9 Å². The molecule has 0 atom stereocenters. The molecule has 0 saturated heterocycles. The number of para-hydroxylation sites is 2. The number of carbonyl (C=O) groups excluding carboxylic acids is 2. The van der Waals surface area contributed by atoms with Crippen LogP contribution in [0.25, 0.3) is 0 Å². The van der Waals surface area contributed by atoms with Crippen molar-refractivity contribution in [2.75, 3.05) is 25.6 Å². The topological polar surface area (TPSA) is 94.5 Å². The van der Waals surface area contributed by atoms with Crippen LogP contribution in [0.5, 0.6) is 11.5 Å². The third kappa shape index (κ3) is 6.10. The summed E-state index contributed by atoms with van der Waals surface area (Å²) < 4.78 is 12.7. The fourth-order valence-electron chi connectivity index (χ4n) is 2.77. The van der Waals surface area contributed by atoms with E-state index in [-0.39, 0.29) is 18.4 Å². The maximum Gasteiger partial charge on any atom is 0.262 e. The Morgan fingerprint density at radius 3 is 2.63 bits per heavy atom. The number of amides is 2. The average molecular weight is 408 g/mol. The predicted octanol–water partition coefficient (Wildman–Crippen LogP) is 2.73. The number of hydrogen-bond acceptors (Lipinski definition) is 5. The van der Waals surface area contributed by atoms with Crippen LogP contribution in [0.2, 0.25) is 0 Å². The van der Waals surface area contributed by atoms with Gasteiger partial charge in [0, 0.05) is 31.0 Å². The zero-order valence-electron chi connectivity index (χ0n) is 16.7. The van der Waals surface area contributed by atoms with Crippen molar-refractivity contribution in [2.24, 2.45) is 0 Å². The van der Waals surface area contributed by atoms with Crippen LogP contribution < -0.4 is 20.1 Å². The molecular weight excluding hydrogens is 384 g/mol. The molecule has 0 bridgehead atoms. The highest BCUT2D eigenvalue weighted by atomic mass is 16.5. The summed E-state index contributed by atoms with van der Waals surface area (Å²) in [6, 6.07) is 13.8. The summed E-state index contributed by atoms with van der Waals surface area (Å²) in [5, 5.41) is 5.62. The monoisotopic (exact) mass is 408 g/mol. The summed E-state index contributed by atoms with van der Waals surface area (Å²) in [7, 11) is 1.54. The van der Waals surface area contributed by atoms with Gasteiger partial charge in [-0.25, -0.2) is 4.98 Å². The van der Waals surface area contributed by atoms with Crippen molar-refractivity contribution >= 4 is 17.5 Å². The SMILES string of the molecule is COc1ccccc1NC(=O)COc1ccc(C(=O)NCCCn2ccnc2)cc1. The molecule has 156 valence electrons. The summed E-state index contributed by atoms with van der Waals surface area (Å²) in [4.78, 5) is 28.3. The summed E-state index contributed by atoms with van der Waals surface area (Å²) in [6.07, 6.45) is 6.17. The van der Waals surface area contributed by atoms with E-state index in [9.17, 15) is 9.59 Å². The highest BCUT2D eigenvalue weighted by Crippen LogP contribution is 2.22. The molecule has 0 spiro atoms. The fourth-order valence-corrected chi connectivity index (χ4v) is 2.77. The average Bonchev–Trinajstić information content (AvgIpc) is 3.29. The van der Waals surface area contributed by atoms with Gasteiger partial charge >= 0.3 is 0 Å². The zero-order chi connectivity index (χ0) is 21.2. The van der Waals surface area contributed by atoms with E-state index in [1.165, 1.54) is 0 Å². The van der Waals surface area contributed by atoms with Gasteiger partial charge in [0.2, 0.25) is 0 Å². The first-order chi connectivity index (χ1) is 14.7. The van der Waals surface area contributed by atoms with Crippen molar-refractivity contribution in [3.05, 3.63) is 72.8 Å². The predicted molar refractivity (Wildman–Crippen MR) is 113 cm³/mol. The molecule has 1 heterocycles. The molecule has 0 saturated carbocycles. The normalized spacial score (nSPS) is 10.3. The molecule has 30 heavy (non-hydrogen) atoms. The van der Waals surface area contributed by atoms with Gasteiger partial charge in [-0.05, 0) is 42.8 Å². The minimum absolute atomic E-state index is 0.152. The number of rotatable bonds is 10. The first kappa shape index (κ1) is 20.9. The number of benzene rings is 2. The van der Waals surface area contributed by atoms with Gasteiger partial charge in [-0.2, -0.15) is 0 Å². The van der Waals surface area contributed by atoms with E-state index < -0.39 is 0 Å². The third-order valence-electron chi connectivity index (χ3n) is 4.31. The number of methoxy groups -OCH3 is 1. The van der Waals surface area contributed by atoms with Crippen molar-refractivity contribution in [3.8, 4) is 11.5 Å².